The van der Waals surface area contributed by atoms with Crippen molar-refractivity contribution >= 4 is 17.7 Å². The van der Waals surface area contributed by atoms with Crippen LogP contribution in [0.15, 0.2) is 35.7 Å². The zero-order valence-electron chi connectivity index (χ0n) is 10.6. The monoisotopic (exact) mass is 249 g/mol. The van der Waals surface area contributed by atoms with Crippen molar-refractivity contribution in [2.45, 2.75) is 30.9 Å². The van der Waals surface area contributed by atoms with Crippen molar-refractivity contribution in [1.29, 1.82) is 0 Å². The Balaban J connectivity index is 2.66. The van der Waals surface area contributed by atoms with Crippen molar-refractivity contribution < 1.29 is 4.79 Å². The number of hydrogen-bond acceptors (Lipinski definition) is 2. The van der Waals surface area contributed by atoms with Gasteiger partial charge in [0.1, 0.15) is 0 Å². The van der Waals surface area contributed by atoms with Crippen molar-refractivity contribution in [3.05, 3.63) is 42.0 Å². The molecule has 0 saturated heterocycles. The second-order valence-corrected chi connectivity index (χ2v) is 5.45. The second kappa shape index (κ2) is 6.50. The van der Waals surface area contributed by atoms with Crippen LogP contribution in [0.1, 0.15) is 18.1 Å². The highest BCUT2D eigenvalue weighted by Gasteiger charge is 2.14. The summed E-state index contributed by atoms with van der Waals surface area (Å²) in [4.78, 5) is 12.9. The maximum atomic E-state index is 11.7. The van der Waals surface area contributed by atoms with Gasteiger partial charge in [0.15, 0.2) is 0 Å². The minimum absolute atomic E-state index is 0.0517. The molecule has 0 aliphatic carbocycles. The summed E-state index contributed by atoms with van der Waals surface area (Å²) in [5, 5.41) is 2.72. The molecule has 0 aliphatic heterocycles. The van der Waals surface area contributed by atoms with E-state index < -0.39 is 0 Å². The molecule has 92 valence electrons. The molecule has 0 aliphatic rings. The SMILES string of the molecule is C=CCNC(=O)C(C)Sc1cc(C)ccc1C. The average Bonchev–Trinajstić information content (AvgIpc) is 2.30. The third kappa shape index (κ3) is 4.27. The van der Waals surface area contributed by atoms with E-state index in [1.54, 1.807) is 17.8 Å². The first-order valence-corrected chi connectivity index (χ1v) is 6.55. The number of rotatable bonds is 5. The normalized spacial score (nSPS) is 11.9. The zero-order chi connectivity index (χ0) is 12.8. The van der Waals surface area contributed by atoms with Crippen molar-refractivity contribution in [3.63, 3.8) is 0 Å². The maximum absolute atomic E-state index is 11.7. The van der Waals surface area contributed by atoms with E-state index in [1.807, 2.05) is 6.92 Å². The van der Waals surface area contributed by atoms with Gasteiger partial charge in [0.2, 0.25) is 5.91 Å². The lowest BCUT2D eigenvalue weighted by atomic mass is 10.2. The number of aryl methyl sites for hydroxylation is 2. The van der Waals surface area contributed by atoms with E-state index in [-0.39, 0.29) is 11.2 Å². The molecule has 0 bridgehead atoms. The number of thioether (sulfide) groups is 1. The summed E-state index contributed by atoms with van der Waals surface area (Å²) in [6.45, 7) is 10.2. The number of carbonyl (C=O) groups excluding carboxylic acids is 1. The minimum atomic E-state index is -0.0875. The first-order chi connectivity index (χ1) is 8.04. The first-order valence-electron chi connectivity index (χ1n) is 5.67. The molecule has 0 heterocycles. The molecule has 1 amide bonds. The van der Waals surface area contributed by atoms with Gasteiger partial charge in [0.05, 0.1) is 5.25 Å². The summed E-state index contributed by atoms with van der Waals surface area (Å²) in [5.41, 5.74) is 2.43. The third-order valence-electron chi connectivity index (χ3n) is 2.44. The number of carbonyl (C=O) groups is 1. The van der Waals surface area contributed by atoms with Gasteiger partial charge in [-0.15, -0.1) is 18.3 Å². The van der Waals surface area contributed by atoms with Crippen LogP contribution in [-0.2, 0) is 4.79 Å². The molecule has 0 saturated carbocycles. The highest BCUT2D eigenvalue weighted by Crippen LogP contribution is 2.27. The molecule has 1 aromatic carbocycles. The fourth-order valence-corrected chi connectivity index (χ4v) is 2.47. The lowest BCUT2D eigenvalue weighted by Crippen LogP contribution is -2.30. The van der Waals surface area contributed by atoms with Crippen LogP contribution in [-0.4, -0.2) is 17.7 Å². The molecule has 0 fully saturated rings. The molecule has 2 nitrogen and oxygen atoms in total. The van der Waals surface area contributed by atoms with Crippen LogP contribution < -0.4 is 5.32 Å². The Bertz CT molecular complexity index is 415. The van der Waals surface area contributed by atoms with Crippen LogP contribution in [0.4, 0.5) is 0 Å². The third-order valence-corrected chi connectivity index (χ3v) is 3.70. The Labute approximate surface area is 107 Å². The van der Waals surface area contributed by atoms with Crippen molar-refractivity contribution in [2.75, 3.05) is 6.54 Å². The van der Waals surface area contributed by atoms with Gasteiger partial charge >= 0.3 is 0 Å². The second-order valence-electron chi connectivity index (χ2n) is 4.06. The Morgan fingerprint density at radius 3 is 2.88 bits per heavy atom. The van der Waals surface area contributed by atoms with E-state index in [9.17, 15) is 4.79 Å². The van der Waals surface area contributed by atoms with E-state index in [4.69, 9.17) is 0 Å². The number of amides is 1. The first kappa shape index (κ1) is 13.8. The summed E-state index contributed by atoms with van der Waals surface area (Å²) in [5.74, 6) is 0.0517. The fourth-order valence-electron chi connectivity index (χ4n) is 1.39. The van der Waals surface area contributed by atoms with E-state index in [0.717, 1.165) is 0 Å². The molecule has 1 unspecified atom stereocenters. The van der Waals surface area contributed by atoms with Crippen molar-refractivity contribution in [2.24, 2.45) is 0 Å². The van der Waals surface area contributed by atoms with Gasteiger partial charge in [-0.1, -0.05) is 23.8 Å². The lowest BCUT2D eigenvalue weighted by Gasteiger charge is -2.13. The Hall–Kier alpha value is -1.22. The minimum Gasteiger partial charge on any atom is -0.352 e. The van der Waals surface area contributed by atoms with Gasteiger partial charge in [-0.2, -0.15) is 0 Å². The molecule has 0 radical (unpaired) electrons. The van der Waals surface area contributed by atoms with Gasteiger partial charge in [-0.3, -0.25) is 4.79 Å². The average molecular weight is 249 g/mol. The van der Waals surface area contributed by atoms with Crippen LogP contribution in [0.2, 0.25) is 0 Å². The molecule has 1 atom stereocenters. The van der Waals surface area contributed by atoms with Gasteiger partial charge < -0.3 is 5.32 Å². The van der Waals surface area contributed by atoms with Crippen molar-refractivity contribution in [1.82, 2.24) is 5.32 Å². The van der Waals surface area contributed by atoms with Gasteiger partial charge in [-0.25, -0.2) is 0 Å². The molecule has 1 aromatic rings. The number of benzene rings is 1. The Morgan fingerprint density at radius 2 is 2.24 bits per heavy atom. The molecule has 0 aromatic heterocycles. The van der Waals surface area contributed by atoms with Crippen LogP contribution in [0.25, 0.3) is 0 Å². The standard InChI is InChI=1S/C14H19NOS/c1-5-8-15-14(16)12(4)17-13-9-10(2)6-7-11(13)3/h5-7,9,12H,1,8H2,2-4H3,(H,15,16). The molecule has 1 N–H and O–H groups in total. The Morgan fingerprint density at radius 1 is 1.53 bits per heavy atom. The predicted octanol–water partition coefficient (Wildman–Crippen LogP) is 3.09. The molecular weight excluding hydrogens is 230 g/mol. The lowest BCUT2D eigenvalue weighted by molar-refractivity contribution is -0.120. The van der Waals surface area contributed by atoms with E-state index in [0.29, 0.717) is 6.54 Å². The van der Waals surface area contributed by atoms with Gasteiger partial charge in [0, 0.05) is 11.4 Å². The quantitative estimate of drug-likeness (QED) is 0.642. The number of hydrogen-bond donors (Lipinski definition) is 1. The van der Waals surface area contributed by atoms with Crippen LogP contribution in [0.3, 0.4) is 0 Å². The summed E-state index contributed by atoms with van der Waals surface area (Å²) in [6, 6.07) is 6.30. The molecular formula is C14H19NOS. The maximum Gasteiger partial charge on any atom is 0.233 e. The smallest absolute Gasteiger partial charge is 0.233 e. The predicted molar refractivity (Wildman–Crippen MR) is 74.4 cm³/mol. The summed E-state index contributed by atoms with van der Waals surface area (Å²) < 4.78 is 0. The molecule has 0 spiro atoms. The van der Waals surface area contributed by atoms with Crippen LogP contribution >= 0.6 is 11.8 Å². The van der Waals surface area contributed by atoms with E-state index in [1.165, 1.54) is 16.0 Å². The highest BCUT2D eigenvalue weighted by atomic mass is 32.2. The topological polar surface area (TPSA) is 29.1 Å². The van der Waals surface area contributed by atoms with Crippen LogP contribution in [0, 0.1) is 13.8 Å². The fraction of sp³-hybridized carbons (Fsp3) is 0.357. The molecule has 3 heteroatoms. The van der Waals surface area contributed by atoms with Crippen molar-refractivity contribution in [3.8, 4) is 0 Å². The summed E-state index contributed by atoms with van der Waals surface area (Å²) in [7, 11) is 0. The van der Waals surface area contributed by atoms with Crippen LogP contribution in [0.5, 0.6) is 0 Å². The number of nitrogens with one attached hydrogen (secondary N) is 1. The van der Waals surface area contributed by atoms with Gasteiger partial charge in [-0.05, 0) is 32.4 Å². The summed E-state index contributed by atoms with van der Waals surface area (Å²) in [6.07, 6.45) is 1.69. The van der Waals surface area contributed by atoms with E-state index >= 15 is 0 Å². The van der Waals surface area contributed by atoms with Gasteiger partial charge in [0.25, 0.3) is 0 Å². The highest BCUT2D eigenvalue weighted by molar-refractivity contribution is 8.00. The summed E-state index contributed by atoms with van der Waals surface area (Å²) >= 11 is 1.60. The largest absolute Gasteiger partial charge is 0.352 e. The van der Waals surface area contributed by atoms with E-state index in [2.05, 4.69) is 43.9 Å². The Kier molecular flexibility index (Phi) is 5.29. The zero-order valence-corrected chi connectivity index (χ0v) is 11.4. The molecule has 17 heavy (non-hydrogen) atoms. The molecule has 1 rings (SSSR count).